The molecule has 2 rings (SSSR count). The number of rotatable bonds is 5. The summed E-state index contributed by atoms with van der Waals surface area (Å²) in [7, 11) is 4.49. The van der Waals surface area contributed by atoms with Crippen molar-refractivity contribution in [3.63, 3.8) is 0 Å². The summed E-state index contributed by atoms with van der Waals surface area (Å²) in [4.78, 5) is 27.1. The first-order valence-corrected chi connectivity index (χ1v) is 6.92. The predicted molar refractivity (Wildman–Crippen MR) is 75.8 cm³/mol. The smallest absolute Gasteiger partial charge is 0.261 e. The lowest BCUT2D eigenvalue weighted by Gasteiger charge is -2.12. The predicted octanol–water partition coefficient (Wildman–Crippen LogP) is -0.207. The van der Waals surface area contributed by atoms with Crippen molar-refractivity contribution in [2.75, 3.05) is 20.0 Å². The maximum absolute atomic E-state index is 12.3. The lowest BCUT2D eigenvalue weighted by molar-refractivity contribution is -0.301. The summed E-state index contributed by atoms with van der Waals surface area (Å²) in [5.74, 6) is -0.624. The topological polar surface area (TPSA) is 93.5 Å². The molecule has 0 bridgehead atoms. The normalized spacial score (nSPS) is 10.6. The molecule has 0 atom stereocenters. The molecule has 0 saturated heterocycles. The van der Waals surface area contributed by atoms with Gasteiger partial charge in [-0.1, -0.05) is 11.8 Å². The minimum atomic E-state index is -1.22. The molecular formula is C13H13N2O5S-. The van der Waals surface area contributed by atoms with Gasteiger partial charge in [0.25, 0.3) is 5.56 Å². The van der Waals surface area contributed by atoms with Crippen LogP contribution in [0.15, 0.2) is 22.1 Å². The van der Waals surface area contributed by atoms with Gasteiger partial charge in [0, 0.05) is 18.9 Å². The third-order valence-electron chi connectivity index (χ3n) is 2.86. The van der Waals surface area contributed by atoms with Gasteiger partial charge in [-0.05, 0) is 6.07 Å². The van der Waals surface area contributed by atoms with Gasteiger partial charge in [0.1, 0.15) is 0 Å². The van der Waals surface area contributed by atoms with E-state index in [0.29, 0.717) is 27.6 Å². The van der Waals surface area contributed by atoms with Gasteiger partial charge in [-0.15, -0.1) is 0 Å². The van der Waals surface area contributed by atoms with Gasteiger partial charge in [0.05, 0.1) is 31.1 Å². The zero-order valence-electron chi connectivity index (χ0n) is 11.7. The number of benzene rings is 1. The van der Waals surface area contributed by atoms with Crippen molar-refractivity contribution >= 4 is 28.6 Å². The molecule has 0 aliphatic rings. The van der Waals surface area contributed by atoms with E-state index in [0.717, 1.165) is 11.8 Å². The number of carboxylic acids is 1. The van der Waals surface area contributed by atoms with Crippen LogP contribution in [0.4, 0.5) is 0 Å². The van der Waals surface area contributed by atoms with Crippen LogP contribution in [0.2, 0.25) is 0 Å². The maximum Gasteiger partial charge on any atom is 0.261 e. The zero-order chi connectivity index (χ0) is 15.6. The molecular weight excluding hydrogens is 296 g/mol. The summed E-state index contributed by atoms with van der Waals surface area (Å²) >= 11 is 0.925. The molecule has 1 heterocycles. The molecule has 0 aliphatic heterocycles. The molecule has 1 aromatic carbocycles. The first-order valence-electron chi connectivity index (χ1n) is 5.93. The largest absolute Gasteiger partial charge is 0.549 e. The number of hydrogen-bond acceptors (Lipinski definition) is 7. The standard InChI is InChI=1S/C13H14N2O5S/c1-15-12(18)7-4-9(19-2)10(20-3)5-8(7)14-13(15)21-6-11(16)17/h4-5H,6H2,1-3H3,(H,16,17)/p-1. The summed E-state index contributed by atoms with van der Waals surface area (Å²) in [6.45, 7) is 0. The highest BCUT2D eigenvalue weighted by Gasteiger charge is 2.13. The summed E-state index contributed by atoms with van der Waals surface area (Å²) in [6, 6.07) is 3.13. The van der Waals surface area contributed by atoms with Crippen LogP contribution in [0.3, 0.4) is 0 Å². The number of ether oxygens (including phenoxy) is 2. The van der Waals surface area contributed by atoms with E-state index in [1.165, 1.54) is 25.8 Å². The Morgan fingerprint density at radius 1 is 1.33 bits per heavy atom. The van der Waals surface area contributed by atoms with Gasteiger partial charge in [0.15, 0.2) is 16.7 Å². The SMILES string of the molecule is COc1cc2nc(SCC(=O)[O-])n(C)c(=O)c2cc1OC. The van der Waals surface area contributed by atoms with E-state index < -0.39 is 5.97 Å². The summed E-state index contributed by atoms with van der Waals surface area (Å²) in [6.07, 6.45) is 0. The van der Waals surface area contributed by atoms with Crippen LogP contribution in [0.25, 0.3) is 10.9 Å². The quantitative estimate of drug-likeness (QED) is 0.557. The average Bonchev–Trinajstić information content (AvgIpc) is 2.48. The number of carboxylic acid groups (broad SMARTS) is 1. The van der Waals surface area contributed by atoms with Crippen LogP contribution in [0.5, 0.6) is 11.5 Å². The van der Waals surface area contributed by atoms with Gasteiger partial charge in [0.2, 0.25) is 0 Å². The van der Waals surface area contributed by atoms with E-state index in [1.54, 1.807) is 12.1 Å². The first kappa shape index (κ1) is 15.2. The number of fused-ring (bicyclic) bond motifs is 1. The van der Waals surface area contributed by atoms with Gasteiger partial charge in [-0.2, -0.15) is 0 Å². The first-order chi connectivity index (χ1) is 9.97. The van der Waals surface area contributed by atoms with Crippen LogP contribution < -0.4 is 20.1 Å². The number of thioether (sulfide) groups is 1. The second-order valence-electron chi connectivity index (χ2n) is 4.14. The number of aromatic nitrogens is 2. The third kappa shape index (κ3) is 2.94. The van der Waals surface area contributed by atoms with Crippen LogP contribution in [0, 0.1) is 0 Å². The van der Waals surface area contributed by atoms with E-state index in [1.807, 2.05) is 0 Å². The lowest BCUT2D eigenvalue weighted by atomic mass is 10.2. The highest BCUT2D eigenvalue weighted by atomic mass is 32.2. The van der Waals surface area contributed by atoms with E-state index in [2.05, 4.69) is 4.98 Å². The highest BCUT2D eigenvalue weighted by Crippen LogP contribution is 2.30. The molecule has 112 valence electrons. The van der Waals surface area contributed by atoms with Gasteiger partial charge in [-0.3, -0.25) is 9.36 Å². The van der Waals surface area contributed by atoms with Crippen LogP contribution >= 0.6 is 11.8 Å². The van der Waals surface area contributed by atoms with Crippen molar-refractivity contribution < 1.29 is 19.4 Å². The van der Waals surface area contributed by atoms with Crippen molar-refractivity contribution in [3.8, 4) is 11.5 Å². The number of hydrogen-bond donors (Lipinski definition) is 0. The molecule has 0 saturated carbocycles. The Balaban J connectivity index is 2.63. The van der Waals surface area contributed by atoms with Gasteiger partial charge < -0.3 is 19.4 Å². The highest BCUT2D eigenvalue weighted by molar-refractivity contribution is 7.99. The van der Waals surface area contributed by atoms with Crippen molar-refractivity contribution in [1.29, 1.82) is 0 Å². The van der Waals surface area contributed by atoms with E-state index >= 15 is 0 Å². The Bertz CT molecular complexity index is 756. The molecule has 8 heteroatoms. The van der Waals surface area contributed by atoms with E-state index in [-0.39, 0.29) is 11.3 Å². The summed E-state index contributed by atoms with van der Waals surface area (Å²) < 4.78 is 11.6. The van der Waals surface area contributed by atoms with Crippen molar-refractivity contribution in [1.82, 2.24) is 9.55 Å². The Kier molecular flexibility index (Phi) is 4.37. The fraction of sp³-hybridized carbons (Fsp3) is 0.308. The second-order valence-corrected chi connectivity index (χ2v) is 5.09. The monoisotopic (exact) mass is 309 g/mol. The van der Waals surface area contributed by atoms with Crippen molar-refractivity contribution in [2.45, 2.75) is 5.16 Å². The Morgan fingerprint density at radius 2 is 1.95 bits per heavy atom. The molecule has 0 fully saturated rings. The number of methoxy groups -OCH3 is 2. The molecule has 0 N–H and O–H groups in total. The maximum atomic E-state index is 12.3. The Morgan fingerprint density at radius 3 is 2.52 bits per heavy atom. The summed E-state index contributed by atoms with van der Waals surface area (Å²) in [5.41, 5.74) is 0.124. The third-order valence-corrected chi connectivity index (χ3v) is 3.86. The summed E-state index contributed by atoms with van der Waals surface area (Å²) in [5, 5.41) is 11.2. The molecule has 0 amide bonds. The van der Waals surface area contributed by atoms with Crippen LogP contribution in [0.1, 0.15) is 0 Å². The average molecular weight is 309 g/mol. The molecule has 21 heavy (non-hydrogen) atoms. The number of nitrogens with zero attached hydrogens (tertiary/aromatic N) is 2. The number of aliphatic carboxylic acids is 1. The van der Waals surface area contributed by atoms with Crippen molar-refractivity contribution in [2.24, 2.45) is 7.05 Å². The minimum Gasteiger partial charge on any atom is -0.549 e. The number of carbonyl (C=O) groups is 1. The minimum absolute atomic E-state index is 0.279. The molecule has 0 aliphatic carbocycles. The molecule has 0 spiro atoms. The zero-order valence-corrected chi connectivity index (χ0v) is 12.5. The Hall–Kier alpha value is -2.22. The fourth-order valence-corrected chi connectivity index (χ4v) is 2.52. The second kappa shape index (κ2) is 6.04. The van der Waals surface area contributed by atoms with Gasteiger partial charge >= 0.3 is 0 Å². The fourth-order valence-electron chi connectivity index (χ4n) is 1.83. The van der Waals surface area contributed by atoms with Crippen molar-refractivity contribution in [3.05, 3.63) is 22.5 Å². The number of carbonyl (C=O) groups excluding carboxylic acids is 1. The molecule has 7 nitrogen and oxygen atoms in total. The molecule has 2 aromatic rings. The van der Waals surface area contributed by atoms with E-state index in [9.17, 15) is 14.7 Å². The molecule has 1 aromatic heterocycles. The molecule has 0 radical (unpaired) electrons. The van der Waals surface area contributed by atoms with Crippen LogP contribution in [-0.4, -0.2) is 35.5 Å². The molecule has 0 unspecified atom stereocenters. The lowest BCUT2D eigenvalue weighted by Crippen LogP contribution is -2.26. The van der Waals surface area contributed by atoms with E-state index in [4.69, 9.17) is 9.47 Å². The Labute approximate surface area is 124 Å². The van der Waals surface area contributed by atoms with Gasteiger partial charge in [-0.25, -0.2) is 4.98 Å². The van der Waals surface area contributed by atoms with Crippen LogP contribution in [-0.2, 0) is 11.8 Å².